The lowest BCUT2D eigenvalue weighted by Gasteiger charge is -2.13. The van der Waals surface area contributed by atoms with Gasteiger partial charge in [0.05, 0.1) is 32.2 Å². The molecule has 0 atom stereocenters. The second-order valence-corrected chi connectivity index (χ2v) is 4.46. The second-order valence-electron chi connectivity index (χ2n) is 4.46. The van der Waals surface area contributed by atoms with Crippen molar-refractivity contribution in [1.29, 1.82) is 0 Å². The molecular formula is C16H20N2O3. The summed E-state index contributed by atoms with van der Waals surface area (Å²) in [6.07, 6.45) is 3.37. The summed E-state index contributed by atoms with van der Waals surface area (Å²) in [7, 11) is 1.63. The maximum atomic E-state index is 9.29. The molecule has 1 aromatic heterocycles. The highest BCUT2D eigenvalue weighted by molar-refractivity contribution is 5.50. The van der Waals surface area contributed by atoms with Gasteiger partial charge in [0.25, 0.3) is 0 Å². The van der Waals surface area contributed by atoms with Crippen LogP contribution in [-0.4, -0.2) is 23.8 Å². The Labute approximate surface area is 124 Å². The minimum Gasteiger partial charge on any atom is -0.493 e. The van der Waals surface area contributed by atoms with Crippen molar-refractivity contribution in [3.05, 3.63) is 47.8 Å². The summed E-state index contributed by atoms with van der Waals surface area (Å²) in [6, 6.07) is 7.61. The number of aliphatic hydroxyl groups is 1. The molecule has 5 nitrogen and oxygen atoms in total. The van der Waals surface area contributed by atoms with Gasteiger partial charge in [0.15, 0.2) is 11.5 Å². The standard InChI is InChI=1S/C16H20N2O3/c1-3-21-15-5-4-12(8-16(15)20-2)9-18-14-10-17-7-6-13(14)11-19/h4-8,10,18-19H,3,9,11H2,1-2H3. The zero-order chi connectivity index (χ0) is 15.1. The number of pyridine rings is 1. The van der Waals surface area contributed by atoms with Gasteiger partial charge in [-0.15, -0.1) is 0 Å². The van der Waals surface area contributed by atoms with Crippen LogP contribution in [0.3, 0.4) is 0 Å². The number of nitrogens with zero attached hydrogens (tertiary/aromatic N) is 1. The van der Waals surface area contributed by atoms with Crippen molar-refractivity contribution in [2.45, 2.75) is 20.1 Å². The van der Waals surface area contributed by atoms with Gasteiger partial charge < -0.3 is 19.9 Å². The molecule has 0 saturated carbocycles. The predicted molar refractivity (Wildman–Crippen MR) is 81.6 cm³/mol. The molecule has 2 rings (SSSR count). The molecule has 0 spiro atoms. The fourth-order valence-electron chi connectivity index (χ4n) is 2.01. The number of methoxy groups -OCH3 is 1. The van der Waals surface area contributed by atoms with E-state index in [-0.39, 0.29) is 6.61 Å². The molecule has 1 heterocycles. The maximum Gasteiger partial charge on any atom is 0.161 e. The number of ether oxygens (including phenoxy) is 2. The van der Waals surface area contributed by atoms with Gasteiger partial charge in [-0.1, -0.05) is 6.07 Å². The summed E-state index contributed by atoms with van der Waals surface area (Å²) in [5.41, 5.74) is 2.71. The Morgan fingerprint density at radius 3 is 2.81 bits per heavy atom. The van der Waals surface area contributed by atoms with Crippen LogP contribution in [0, 0.1) is 0 Å². The number of hydrogen-bond donors (Lipinski definition) is 2. The third-order valence-corrected chi connectivity index (χ3v) is 3.09. The summed E-state index contributed by atoms with van der Waals surface area (Å²) in [5.74, 6) is 1.45. The van der Waals surface area contributed by atoms with Crippen molar-refractivity contribution < 1.29 is 14.6 Å². The van der Waals surface area contributed by atoms with Gasteiger partial charge in [-0.25, -0.2) is 0 Å². The largest absolute Gasteiger partial charge is 0.493 e. The van der Waals surface area contributed by atoms with E-state index < -0.39 is 0 Å². The van der Waals surface area contributed by atoms with Gasteiger partial charge in [-0.05, 0) is 30.7 Å². The topological polar surface area (TPSA) is 63.6 Å². The Hall–Kier alpha value is -2.27. The molecule has 5 heteroatoms. The molecule has 0 bridgehead atoms. The van der Waals surface area contributed by atoms with Crippen LogP contribution in [0.4, 0.5) is 5.69 Å². The highest BCUT2D eigenvalue weighted by atomic mass is 16.5. The molecule has 112 valence electrons. The lowest BCUT2D eigenvalue weighted by atomic mass is 10.2. The van der Waals surface area contributed by atoms with Crippen LogP contribution in [0.1, 0.15) is 18.1 Å². The Bertz CT molecular complexity index is 587. The lowest BCUT2D eigenvalue weighted by molar-refractivity contribution is 0.282. The summed E-state index contributed by atoms with van der Waals surface area (Å²) in [5, 5.41) is 12.6. The molecule has 0 unspecified atom stereocenters. The molecule has 21 heavy (non-hydrogen) atoms. The van der Waals surface area contributed by atoms with Crippen LogP contribution in [-0.2, 0) is 13.2 Å². The van der Waals surface area contributed by atoms with Gasteiger partial charge in [0, 0.05) is 18.3 Å². The van der Waals surface area contributed by atoms with Gasteiger partial charge >= 0.3 is 0 Å². The Kier molecular flexibility index (Phi) is 5.40. The zero-order valence-corrected chi connectivity index (χ0v) is 12.3. The normalized spacial score (nSPS) is 10.2. The highest BCUT2D eigenvalue weighted by Crippen LogP contribution is 2.28. The second kappa shape index (κ2) is 7.50. The summed E-state index contributed by atoms with van der Waals surface area (Å²) in [4.78, 5) is 4.06. The number of anilines is 1. The number of aliphatic hydroxyl groups excluding tert-OH is 1. The van der Waals surface area contributed by atoms with E-state index in [1.54, 1.807) is 25.6 Å². The average molecular weight is 288 g/mol. The first-order chi connectivity index (χ1) is 10.3. The van der Waals surface area contributed by atoms with Crippen LogP contribution in [0.25, 0.3) is 0 Å². The fourth-order valence-corrected chi connectivity index (χ4v) is 2.01. The molecule has 0 saturated heterocycles. The third kappa shape index (κ3) is 3.86. The van der Waals surface area contributed by atoms with Crippen molar-refractivity contribution >= 4 is 5.69 Å². The van der Waals surface area contributed by atoms with Gasteiger partial charge in [0.2, 0.25) is 0 Å². The van der Waals surface area contributed by atoms with Gasteiger partial charge in [0.1, 0.15) is 0 Å². The van der Waals surface area contributed by atoms with E-state index in [0.717, 1.165) is 22.6 Å². The molecule has 1 aromatic carbocycles. The molecular weight excluding hydrogens is 268 g/mol. The van der Waals surface area contributed by atoms with Gasteiger partial charge in [-0.2, -0.15) is 0 Å². The van der Waals surface area contributed by atoms with E-state index in [0.29, 0.717) is 18.9 Å². The first-order valence-corrected chi connectivity index (χ1v) is 6.85. The third-order valence-electron chi connectivity index (χ3n) is 3.09. The van der Waals surface area contributed by atoms with E-state index in [9.17, 15) is 5.11 Å². The van der Waals surface area contributed by atoms with Crippen molar-refractivity contribution in [3.8, 4) is 11.5 Å². The van der Waals surface area contributed by atoms with E-state index in [2.05, 4.69) is 10.3 Å². The first kappa shape index (κ1) is 15.1. The number of aromatic nitrogens is 1. The smallest absolute Gasteiger partial charge is 0.161 e. The molecule has 0 aliphatic heterocycles. The van der Waals surface area contributed by atoms with Crippen molar-refractivity contribution in [1.82, 2.24) is 4.98 Å². The molecule has 0 fully saturated rings. The average Bonchev–Trinajstić information content (AvgIpc) is 2.54. The molecule has 2 N–H and O–H groups in total. The molecule has 0 aliphatic carbocycles. The molecule has 0 aliphatic rings. The molecule has 0 amide bonds. The highest BCUT2D eigenvalue weighted by Gasteiger charge is 2.06. The Balaban J connectivity index is 2.09. The van der Waals surface area contributed by atoms with E-state index in [4.69, 9.17) is 9.47 Å². The van der Waals surface area contributed by atoms with Crippen molar-refractivity contribution in [3.63, 3.8) is 0 Å². The van der Waals surface area contributed by atoms with E-state index in [1.165, 1.54) is 0 Å². The minimum atomic E-state index is -0.0164. The summed E-state index contributed by atoms with van der Waals surface area (Å²) in [6.45, 7) is 3.14. The molecule has 2 aromatic rings. The van der Waals surface area contributed by atoms with Crippen LogP contribution in [0.5, 0.6) is 11.5 Å². The van der Waals surface area contributed by atoms with Crippen LogP contribution in [0.2, 0.25) is 0 Å². The number of rotatable bonds is 7. The van der Waals surface area contributed by atoms with Crippen molar-refractivity contribution in [2.75, 3.05) is 19.0 Å². The fraction of sp³-hybridized carbons (Fsp3) is 0.312. The van der Waals surface area contributed by atoms with Crippen LogP contribution < -0.4 is 14.8 Å². The minimum absolute atomic E-state index is 0.0164. The lowest BCUT2D eigenvalue weighted by Crippen LogP contribution is -2.04. The first-order valence-electron chi connectivity index (χ1n) is 6.85. The van der Waals surface area contributed by atoms with E-state index in [1.807, 2.05) is 25.1 Å². The zero-order valence-electron chi connectivity index (χ0n) is 12.3. The molecule has 0 radical (unpaired) electrons. The maximum absolute atomic E-state index is 9.29. The predicted octanol–water partition coefficient (Wildman–Crippen LogP) is 2.59. The SMILES string of the molecule is CCOc1ccc(CNc2cnccc2CO)cc1OC. The number of benzene rings is 1. The summed E-state index contributed by atoms with van der Waals surface area (Å²) < 4.78 is 10.8. The summed E-state index contributed by atoms with van der Waals surface area (Å²) >= 11 is 0. The Morgan fingerprint density at radius 1 is 1.24 bits per heavy atom. The number of hydrogen-bond acceptors (Lipinski definition) is 5. The van der Waals surface area contributed by atoms with Crippen LogP contribution in [0.15, 0.2) is 36.7 Å². The van der Waals surface area contributed by atoms with Gasteiger partial charge in [-0.3, -0.25) is 4.98 Å². The van der Waals surface area contributed by atoms with Crippen LogP contribution >= 0.6 is 0 Å². The van der Waals surface area contributed by atoms with E-state index >= 15 is 0 Å². The monoisotopic (exact) mass is 288 g/mol. The number of nitrogens with one attached hydrogen (secondary N) is 1. The Morgan fingerprint density at radius 2 is 2.10 bits per heavy atom. The quantitative estimate of drug-likeness (QED) is 0.820. The van der Waals surface area contributed by atoms with Crippen molar-refractivity contribution in [2.24, 2.45) is 0 Å².